The van der Waals surface area contributed by atoms with E-state index in [-0.39, 0.29) is 11.6 Å². The standard InChI is InChI=1S/C19H20FNOS/c1-3-23-19-9-13(2)17-8-7-16(22)11-18(17)21(19)12-14-5-4-6-15(20)10-14/h4-11,13,22H,3,12H2,1-2H3. The average molecular weight is 329 g/mol. The second-order valence-electron chi connectivity index (χ2n) is 5.69. The molecule has 2 nitrogen and oxygen atoms in total. The molecule has 3 rings (SSSR count). The van der Waals surface area contributed by atoms with Crippen molar-refractivity contribution < 1.29 is 9.50 Å². The normalized spacial score (nSPS) is 16.9. The summed E-state index contributed by atoms with van der Waals surface area (Å²) in [5.41, 5.74) is 3.09. The lowest BCUT2D eigenvalue weighted by atomic mass is 9.95. The van der Waals surface area contributed by atoms with Crippen molar-refractivity contribution in [3.05, 3.63) is 70.5 Å². The van der Waals surface area contributed by atoms with Gasteiger partial charge in [0.2, 0.25) is 0 Å². The highest BCUT2D eigenvalue weighted by Crippen LogP contribution is 2.42. The molecule has 1 heterocycles. The lowest BCUT2D eigenvalue weighted by molar-refractivity contribution is 0.475. The molecular weight excluding hydrogens is 309 g/mol. The summed E-state index contributed by atoms with van der Waals surface area (Å²) in [6.07, 6.45) is 2.24. The van der Waals surface area contributed by atoms with Crippen molar-refractivity contribution in [2.24, 2.45) is 0 Å². The van der Waals surface area contributed by atoms with E-state index in [9.17, 15) is 9.50 Å². The Hall–Kier alpha value is -1.94. The number of allylic oxidation sites excluding steroid dienone is 1. The van der Waals surface area contributed by atoms with Crippen LogP contribution in [0, 0.1) is 5.82 Å². The van der Waals surface area contributed by atoms with Gasteiger partial charge in [-0.15, -0.1) is 11.8 Å². The van der Waals surface area contributed by atoms with Crippen LogP contribution < -0.4 is 4.90 Å². The number of benzene rings is 2. The van der Waals surface area contributed by atoms with E-state index >= 15 is 0 Å². The molecular formula is C19H20FNOS. The van der Waals surface area contributed by atoms with E-state index in [0.717, 1.165) is 22.0 Å². The minimum atomic E-state index is -0.224. The van der Waals surface area contributed by atoms with Crippen LogP contribution in [0.25, 0.3) is 0 Å². The van der Waals surface area contributed by atoms with Crippen molar-refractivity contribution in [3.8, 4) is 5.75 Å². The largest absolute Gasteiger partial charge is 0.508 e. The molecule has 1 aliphatic rings. The van der Waals surface area contributed by atoms with Gasteiger partial charge in [0.1, 0.15) is 11.6 Å². The lowest BCUT2D eigenvalue weighted by Crippen LogP contribution is -2.25. The predicted octanol–water partition coefficient (Wildman–Crippen LogP) is 5.25. The second-order valence-corrected chi connectivity index (χ2v) is 6.97. The van der Waals surface area contributed by atoms with Crippen molar-refractivity contribution in [2.45, 2.75) is 26.3 Å². The van der Waals surface area contributed by atoms with E-state index in [1.54, 1.807) is 36.0 Å². The van der Waals surface area contributed by atoms with Crippen LogP contribution in [0.15, 0.2) is 53.6 Å². The van der Waals surface area contributed by atoms with Crippen molar-refractivity contribution in [2.75, 3.05) is 10.7 Å². The zero-order chi connectivity index (χ0) is 16.4. The van der Waals surface area contributed by atoms with Crippen LogP contribution in [-0.2, 0) is 6.54 Å². The summed E-state index contributed by atoms with van der Waals surface area (Å²) in [4.78, 5) is 2.16. The Kier molecular flexibility index (Phi) is 4.62. The van der Waals surface area contributed by atoms with Crippen LogP contribution in [0.5, 0.6) is 5.75 Å². The van der Waals surface area contributed by atoms with Crippen LogP contribution in [0.2, 0.25) is 0 Å². The maximum absolute atomic E-state index is 13.5. The molecule has 0 spiro atoms. The molecule has 2 aromatic carbocycles. The van der Waals surface area contributed by atoms with Crippen LogP contribution >= 0.6 is 11.8 Å². The first-order valence-electron chi connectivity index (χ1n) is 7.78. The fourth-order valence-electron chi connectivity index (χ4n) is 2.92. The van der Waals surface area contributed by atoms with Gasteiger partial charge >= 0.3 is 0 Å². The van der Waals surface area contributed by atoms with Crippen molar-refractivity contribution in [3.63, 3.8) is 0 Å². The van der Waals surface area contributed by atoms with Gasteiger partial charge in [0.15, 0.2) is 0 Å². The molecule has 120 valence electrons. The fourth-order valence-corrected chi connectivity index (χ4v) is 3.83. The maximum atomic E-state index is 13.5. The smallest absolute Gasteiger partial charge is 0.123 e. The first kappa shape index (κ1) is 15.9. The van der Waals surface area contributed by atoms with Crippen LogP contribution in [0.1, 0.15) is 30.9 Å². The summed E-state index contributed by atoms with van der Waals surface area (Å²) in [5, 5.41) is 11.1. The molecule has 1 aliphatic heterocycles. The molecule has 0 saturated carbocycles. The van der Waals surface area contributed by atoms with Crippen molar-refractivity contribution in [1.29, 1.82) is 0 Å². The van der Waals surface area contributed by atoms with Gasteiger partial charge < -0.3 is 10.0 Å². The minimum absolute atomic E-state index is 0.224. The van der Waals surface area contributed by atoms with Crippen molar-refractivity contribution in [1.82, 2.24) is 0 Å². The molecule has 1 unspecified atom stereocenters. The van der Waals surface area contributed by atoms with Crippen LogP contribution in [0.3, 0.4) is 0 Å². The molecule has 0 radical (unpaired) electrons. The number of aromatic hydroxyl groups is 1. The number of phenols is 1. The zero-order valence-corrected chi connectivity index (χ0v) is 14.1. The Balaban J connectivity index is 2.03. The third-order valence-corrected chi connectivity index (χ3v) is 4.92. The number of rotatable bonds is 4. The summed E-state index contributed by atoms with van der Waals surface area (Å²) in [6, 6.07) is 12.2. The predicted molar refractivity (Wildman–Crippen MR) is 95.3 cm³/mol. The van der Waals surface area contributed by atoms with Gasteiger partial charge in [-0.2, -0.15) is 0 Å². The molecule has 0 amide bonds. The van der Waals surface area contributed by atoms with E-state index in [4.69, 9.17) is 0 Å². The molecule has 0 aliphatic carbocycles. The van der Waals surface area contributed by atoms with E-state index < -0.39 is 0 Å². The number of anilines is 1. The number of fused-ring (bicyclic) bond motifs is 1. The Morgan fingerprint density at radius 1 is 1.22 bits per heavy atom. The Morgan fingerprint density at radius 3 is 2.78 bits per heavy atom. The number of thioether (sulfide) groups is 1. The highest BCUT2D eigenvalue weighted by molar-refractivity contribution is 8.03. The molecule has 0 fully saturated rings. The summed E-state index contributed by atoms with van der Waals surface area (Å²) in [5.74, 6) is 1.29. The van der Waals surface area contributed by atoms with Crippen LogP contribution in [-0.4, -0.2) is 10.9 Å². The number of hydrogen-bond donors (Lipinski definition) is 1. The molecule has 1 N–H and O–H groups in total. The number of phenolic OH excluding ortho intramolecular Hbond substituents is 1. The van der Waals surface area contributed by atoms with E-state index in [1.165, 1.54) is 11.6 Å². The van der Waals surface area contributed by atoms with E-state index in [1.807, 2.05) is 12.1 Å². The van der Waals surface area contributed by atoms with Gasteiger partial charge in [0.05, 0.1) is 5.03 Å². The SMILES string of the molecule is CCSC1=CC(C)c2ccc(O)cc2N1Cc1cccc(F)c1. The van der Waals surface area contributed by atoms with Gasteiger partial charge in [0.25, 0.3) is 0 Å². The maximum Gasteiger partial charge on any atom is 0.123 e. The summed E-state index contributed by atoms with van der Waals surface area (Å²) < 4.78 is 13.5. The van der Waals surface area contributed by atoms with Gasteiger partial charge in [-0.3, -0.25) is 0 Å². The first-order chi connectivity index (χ1) is 11.1. The third-order valence-electron chi connectivity index (χ3n) is 3.98. The molecule has 23 heavy (non-hydrogen) atoms. The van der Waals surface area contributed by atoms with Crippen molar-refractivity contribution >= 4 is 17.4 Å². The summed E-state index contributed by atoms with van der Waals surface area (Å²) >= 11 is 1.77. The van der Waals surface area contributed by atoms with Crippen LogP contribution in [0.4, 0.5) is 10.1 Å². The second kappa shape index (κ2) is 6.67. The van der Waals surface area contributed by atoms with E-state index in [2.05, 4.69) is 24.8 Å². The first-order valence-corrected chi connectivity index (χ1v) is 8.76. The van der Waals surface area contributed by atoms with Gasteiger partial charge in [-0.1, -0.05) is 32.0 Å². The molecule has 0 bridgehead atoms. The molecule has 1 atom stereocenters. The highest BCUT2D eigenvalue weighted by atomic mass is 32.2. The number of halogens is 1. The summed E-state index contributed by atoms with van der Waals surface area (Å²) in [7, 11) is 0. The molecule has 2 aromatic rings. The highest BCUT2D eigenvalue weighted by Gasteiger charge is 2.24. The zero-order valence-electron chi connectivity index (χ0n) is 13.3. The average Bonchev–Trinajstić information content (AvgIpc) is 2.51. The van der Waals surface area contributed by atoms with E-state index in [0.29, 0.717) is 12.5 Å². The number of hydrogen-bond acceptors (Lipinski definition) is 3. The van der Waals surface area contributed by atoms with Gasteiger partial charge in [0, 0.05) is 24.2 Å². The number of nitrogens with zero attached hydrogens (tertiary/aromatic N) is 1. The topological polar surface area (TPSA) is 23.5 Å². The monoisotopic (exact) mass is 329 g/mol. The quantitative estimate of drug-likeness (QED) is 0.829. The Bertz CT molecular complexity index is 744. The molecule has 4 heteroatoms. The fraction of sp³-hybridized carbons (Fsp3) is 0.263. The molecule has 0 aromatic heterocycles. The minimum Gasteiger partial charge on any atom is -0.508 e. The van der Waals surface area contributed by atoms with Gasteiger partial charge in [-0.25, -0.2) is 4.39 Å². The Morgan fingerprint density at radius 2 is 2.04 bits per heavy atom. The third kappa shape index (κ3) is 3.37. The molecule has 0 saturated heterocycles. The lowest BCUT2D eigenvalue weighted by Gasteiger charge is -2.34. The Labute approximate surface area is 140 Å². The van der Waals surface area contributed by atoms with Gasteiger partial charge in [-0.05, 0) is 41.2 Å². The summed E-state index contributed by atoms with van der Waals surface area (Å²) in [6.45, 7) is 4.86.